The Balaban J connectivity index is 1.65. The van der Waals surface area contributed by atoms with Crippen molar-refractivity contribution in [1.29, 1.82) is 0 Å². The van der Waals surface area contributed by atoms with Gasteiger partial charge >= 0.3 is 0 Å². The molecule has 3 aromatic rings. The van der Waals surface area contributed by atoms with Crippen LogP contribution in [0.2, 0.25) is 0 Å². The van der Waals surface area contributed by atoms with Gasteiger partial charge in [0.1, 0.15) is 14.8 Å². The van der Waals surface area contributed by atoms with E-state index in [1.54, 1.807) is 48.6 Å². The minimum atomic E-state index is -3.79. The number of aromatic nitrogens is 2. The molecule has 32 heavy (non-hydrogen) atoms. The summed E-state index contributed by atoms with van der Waals surface area (Å²) in [5.74, 6) is -0.0608. The van der Waals surface area contributed by atoms with Gasteiger partial charge in [0.25, 0.3) is 15.9 Å². The maximum absolute atomic E-state index is 13.1. The van der Waals surface area contributed by atoms with Crippen molar-refractivity contribution in [3.8, 4) is 10.7 Å². The summed E-state index contributed by atoms with van der Waals surface area (Å²) in [7, 11) is -1.98. The first kappa shape index (κ1) is 22.5. The number of nitrogens with zero attached hydrogens (tertiary/aromatic N) is 3. The molecule has 0 atom stereocenters. The van der Waals surface area contributed by atoms with Crippen molar-refractivity contribution >= 4 is 33.0 Å². The summed E-state index contributed by atoms with van der Waals surface area (Å²) in [6, 6.07) is 8.80. The molecule has 4 rings (SSSR count). The van der Waals surface area contributed by atoms with Crippen molar-refractivity contribution in [1.82, 2.24) is 14.5 Å². The van der Waals surface area contributed by atoms with Crippen LogP contribution in [0.15, 0.2) is 35.2 Å². The average Bonchev–Trinajstić information content (AvgIpc) is 3.30. The zero-order valence-corrected chi connectivity index (χ0v) is 20.1. The van der Waals surface area contributed by atoms with Gasteiger partial charge in [-0.2, -0.15) is 0 Å². The number of morpholine rings is 1. The zero-order valence-electron chi connectivity index (χ0n) is 18.5. The number of hydrogen-bond acceptors (Lipinski definition) is 6. The number of carbonyl (C=O) groups is 1. The number of aryl methyl sites for hydroxylation is 2. The Hall–Kier alpha value is -2.69. The number of nitrogens with one attached hydrogen (secondary N) is 1. The highest BCUT2D eigenvalue weighted by molar-refractivity contribution is 7.92. The Morgan fingerprint density at radius 2 is 1.78 bits per heavy atom. The topological polar surface area (TPSA) is 93.5 Å². The predicted octanol–water partition coefficient (Wildman–Crippen LogP) is 3.35. The maximum Gasteiger partial charge on any atom is 0.266 e. The van der Waals surface area contributed by atoms with Gasteiger partial charge in [-0.1, -0.05) is 17.7 Å². The van der Waals surface area contributed by atoms with E-state index in [4.69, 9.17) is 4.74 Å². The number of amides is 1. The summed E-state index contributed by atoms with van der Waals surface area (Å²) in [6.07, 6.45) is 0. The van der Waals surface area contributed by atoms with Gasteiger partial charge in [0.2, 0.25) is 0 Å². The normalized spacial score (nSPS) is 14.6. The van der Waals surface area contributed by atoms with Crippen LogP contribution in [0.3, 0.4) is 0 Å². The number of rotatable bonds is 5. The first-order valence-electron chi connectivity index (χ1n) is 10.3. The van der Waals surface area contributed by atoms with E-state index in [-0.39, 0.29) is 10.8 Å². The molecule has 0 aliphatic carbocycles. The quantitative estimate of drug-likeness (QED) is 0.612. The molecule has 3 heterocycles. The lowest BCUT2D eigenvalue weighted by atomic mass is 10.2. The molecule has 8 nitrogen and oxygen atoms in total. The summed E-state index contributed by atoms with van der Waals surface area (Å²) < 4.78 is 35.9. The van der Waals surface area contributed by atoms with Crippen LogP contribution >= 0.6 is 11.3 Å². The minimum Gasteiger partial charge on any atom is -0.378 e. The molecule has 1 fully saturated rings. The molecule has 1 N–H and O–H groups in total. The molecule has 0 unspecified atom stereocenters. The molecule has 0 radical (unpaired) electrons. The molecule has 1 aliphatic heterocycles. The number of benzene rings is 1. The number of carbonyl (C=O) groups excluding carboxylic acids is 1. The largest absolute Gasteiger partial charge is 0.378 e. The lowest BCUT2D eigenvalue weighted by Gasteiger charge is -2.26. The van der Waals surface area contributed by atoms with E-state index in [1.807, 2.05) is 19.1 Å². The maximum atomic E-state index is 13.1. The number of hydrogen-bond donors (Lipinski definition) is 1. The van der Waals surface area contributed by atoms with Crippen LogP contribution < -0.4 is 4.72 Å². The van der Waals surface area contributed by atoms with Crippen molar-refractivity contribution < 1.29 is 17.9 Å². The minimum absolute atomic E-state index is 0.0608. The number of thiazole rings is 1. The lowest BCUT2D eigenvalue weighted by Crippen LogP contribution is -2.40. The van der Waals surface area contributed by atoms with E-state index in [0.717, 1.165) is 5.56 Å². The number of ether oxygens (including phenoxy) is 1. The second-order valence-corrected chi connectivity index (χ2v) is 10.5. The Bertz CT molecular complexity index is 1250. The molecular formula is C22H26N4O4S2. The van der Waals surface area contributed by atoms with Gasteiger partial charge in [0, 0.05) is 31.5 Å². The summed E-state index contributed by atoms with van der Waals surface area (Å²) in [4.78, 5) is 20.1. The van der Waals surface area contributed by atoms with Gasteiger partial charge < -0.3 is 14.2 Å². The van der Waals surface area contributed by atoms with E-state index in [9.17, 15) is 13.2 Å². The fourth-order valence-electron chi connectivity index (χ4n) is 3.59. The first-order valence-corrected chi connectivity index (χ1v) is 12.6. The highest BCUT2D eigenvalue weighted by atomic mass is 32.2. The molecule has 0 bridgehead atoms. The third-order valence-electron chi connectivity index (χ3n) is 5.59. The molecule has 1 aromatic carbocycles. The Morgan fingerprint density at radius 3 is 2.44 bits per heavy atom. The summed E-state index contributed by atoms with van der Waals surface area (Å²) in [5, 5.41) is 0.612. The average molecular weight is 475 g/mol. The van der Waals surface area contributed by atoms with E-state index in [2.05, 4.69) is 9.71 Å². The molecule has 1 aliphatic rings. The van der Waals surface area contributed by atoms with Gasteiger partial charge in [-0.05, 0) is 39.0 Å². The second kappa shape index (κ2) is 8.68. The summed E-state index contributed by atoms with van der Waals surface area (Å²) in [5.41, 5.74) is 3.44. The molecule has 10 heteroatoms. The number of anilines is 1. The molecule has 0 saturated carbocycles. The summed E-state index contributed by atoms with van der Waals surface area (Å²) >= 11 is 1.29. The summed E-state index contributed by atoms with van der Waals surface area (Å²) in [6.45, 7) is 7.68. The number of sulfonamides is 1. The van der Waals surface area contributed by atoms with Crippen molar-refractivity contribution in [3.05, 3.63) is 52.2 Å². The molecule has 2 aromatic heterocycles. The predicted molar refractivity (Wildman–Crippen MR) is 125 cm³/mol. The van der Waals surface area contributed by atoms with Crippen LogP contribution in [-0.4, -0.2) is 55.1 Å². The molecule has 1 amide bonds. The SMILES string of the molecule is Cc1ccc(NS(=O)(=O)c2cc(-c3nc(C)c(C(=O)N4CCOCC4)s3)n(C)c2C)cc1. The van der Waals surface area contributed by atoms with Gasteiger partial charge in [0.05, 0.1) is 24.6 Å². The third kappa shape index (κ3) is 4.30. The standard InChI is InChI=1S/C22H26N4O4S2/c1-14-5-7-17(8-6-14)24-32(28,29)19-13-18(25(4)16(19)3)21-23-15(2)20(31-21)22(27)26-9-11-30-12-10-26/h5-8,13,24H,9-12H2,1-4H3. The lowest BCUT2D eigenvalue weighted by molar-refractivity contribution is 0.0305. The Kier molecular flexibility index (Phi) is 6.11. The highest BCUT2D eigenvalue weighted by Crippen LogP contribution is 2.33. The van der Waals surface area contributed by atoms with Crippen molar-refractivity contribution in [2.24, 2.45) is 7.05 Å². The van der Waals surface area contributed by atoms with E-state index < -0.39 is 10.0 Å². The monoisotopic (exact) mass is 474 g/mol. The first-order chi connectivity index (χ1) is 15.2. The van der Waals surface area contributed by atoms with Gasteiger partial charge in [-0.15, -0.1) is 11.3 Å². The Labute approximate surface area is 191 Å². The van der Waals surface area contributed by atoms with Crippen molar-refractivity contribution in [2.45, 2.75) is 25.7 Å². The third-order valence-corrected chi connectivity index (χ3v) is 8.26. The fourth-order valence-corrected chi connectivity index (χ4v) is 6.03. The van der Waals surface area contributed by atoms with Crippen LogP contribution in [0.4, 0.5) is 5.69 Å². The van der Waals surface area contributed by atoms with E-state index in [0.29, 0.717) is 59.0 Å². The molecule has 0 spiro atoms. The van der Waals surface area contributed by atoms with Crippen LogP contribution in [0.5, 0.6) is 0 Å². The van der Waals surface area contributed by atoms with Crippen LogP contribution in [0.1, 0.15) is 26.6 Å². The Morgan fingerprint density at radius 1 is 1.12 bits per heavy atom. The second-order valence-electron chi connectivity index (χ2n) is 7.85. The van der Waals surface area contributed by atoms with Crippen molar-refractivity contribution in [2.75, 3.05) is 31.0 Å². The van der Waals surface area contributed by atoms with Crippen LogP contribution in [0, 0.1) is 20.8 Å². The zero-order chi connectivity index (χ0) is 23.0. The highest BCUT2D eigenvalue weighted by Gasteiger charge is 2.27. The molecular weight excluding hydrogens is 448 g/mol. The van der Waals surface area contributed by atoms with Crippen LogP contribution in [0.25, 0.3) is 10.7 Å². The fraction of sp³-hybridized carbons (Fsp3) is 0.364. The van der Waals surface area contributed by atoms with Gasteiger partial charge in [-0.3, -0.25) is 9.52 Å². The van der Waals surface area contributed by atoms with Crippen molar-refractivity contribution in [3.63, 3.8) is 0 Å². The van der Waals surface area contributed by atoms with Gasteiger partial charge in [0.15, 0.2) is 0 Å². The smallest absolute Gasteiger partial charge is 0.266 e. The molecule has 1 saturated heterocycles. The van der Waals surface area contributed by atoms with Crippen LogP contribution in [-0.2, 0) is 21.8 Å². The molecule has 170 valence electrons. The van der Waals surface area contributed by atoms with E-state index in [1.165, 1.54) is 11.3 Å². The van der Waals surface area contributed by atoms with Gasteiger partial charge in [-0.25, -0.2) is 13.4 Å². The van der Waals surface area contributed by atoms with E-state index >= 15 is 0 Å².